The quantitative estimate of drug-likeness (QED) is 0.615. The molecule has 0 aromatic heterocycles. The van der Waals surface area contributed by atoms with E-state index in [-0.39, 0.29) is 5.38 Å². The Morgan fingerprint density at radius 1 is 1.15 bits per heavy atom. The van der Waals surface area contributed by atoms with Gasteiger partial charge in [-0.1, -0.05) is 36.2 Å². The minimum absolute atomic E-state index is 0.278. The zero-order valence-corrected chi connectivity index (χ0v) is 8.85. The first-order valence-corrected chi connectivity index (χ1v) is 5.49. The van der Waals surface area contributed by atoms with Crippen molar-refractivity contribution in [1.82, 2.24) is 0 Å². The van der Waals surface area contributed by atoms with Crippen molar-refractivity contribution in [1.29, 1.82) is 0 Å². The molecule has 70 valence electrons. The molecule has 0 saturated heterocycles. The first-order valence-electron chi connectivity index (χ1n) is 4.67. The maximum absolute atomic E-state index is 6.23. The predicted molar refractivity (Wildman–Crippen MR) is 57.7 cm³/mol. The van der Waals surface area contributed by atoms with Gasteiger partial charge in [0, 0.05) is 16.3 Å². The minimum atomic E-state index is 0.278. The molecule has 1 saturated carbocycles. The predicted octanol–water partition coefficient (Wildman–Crippen LogP) is 4.21. The van der Waals surface area contributed by atoms with Gasteiger partial charge in [0.15, 0.2) is 0 Å². The molecule has 0 bridgehead atoms. The van der Waals surface area contributed by atoms with Crippen LogP contribution in [0.1, 0.15) is 30.7 Å². The van der Waals surface area contributed by atoms with Crippen LogP contribution in [-0.2, 0) is 0 Å². The van der Waals surface area contributed by atoms with Gasteiger partial charge in [-0.25, -0.2) is 0 Å². The van der Waals surface area contributed by atoms with Crippen LogP contribution in [-0.4, -0.2) is 5.38 Å². The standard InChI is InChI=1S/C11H12Cl2/c12-10-6-2-1-4-8(10)9-5-3-7-11(9)13/h1-2,4,6,9,11H,3,5,7H2. The number of hydrogen-bond acceptors (Lipinski definition) is 0. The van der Waals surface area contributed by atoms with Crippen molar-refractivity contribution in [3.05, 3.63) is 34.9 Å². The van der Waals surface area contributed by atoms with E-state index in [1.165, 1.54) is 18.4 Å². The molecule has 2 atom stereocenters. The van der Waals surface area contributed by atoms with Gasteiger partial charge in [0.05, 0.1) is 0 Å². The first kappa shape index (κ1) is 9.36. The number of alkyl halides is 1. The van der Waals surface area contributed by atoms with Gasteiger partial charge in [-0.2, -0.15) is 0 Å². The second-order valence-electron chi connectivity index (χ2n) is 3.57. The van der Waals surface area contributed by atoms with Gasteiger partial charge in [0.1, 0.15) is 0 Å². The molecule has 0 amide bonds. The topological polar surface area (TPSA) is 0 Å². The lowest BCUT2D eigenvalue weighted by atomic mass is 9.97. The Hall–Kier alpha value is -0.200. The van der Waals surface area contributed by atoms with Crippen LogP contribution in [0.15, 0.2) is 24.3 Å². The normalized spacial score (nSPS) is 27.8. The monoisotopic (exact) mass is 214 g/mol. The van der Waals surface area contributed by atoms with Crippen LogP contribution in [0, 0.1) is 0 Å². The van der Waals surface area contributed by atoms with Gasteiger partial charge in [0.2, 0.25) is 0 Å². The van der Waals surface area contributed by atoms with Gasteiger partial charge < -0.3 is 0 Å². The van der Waals surface area contributed by atoms with Crippen LogP contribution in [0.25, 0.3) is 0 Å². The summed E-state index contributed by atoms with van der Waals surface area (Å²) in [7, 11) is 0. The van der Waals surface area contributed by atoms with E-state index in [0.717, 1.165) is 11.4 Å². The molecule has 0 spiro atoms. The minimum Gasteiger partial charge on any atom is -0.122 e. The van der Waals surface area contributed by atoms with Crippen LogP contribution >= 0.6 is 23.2 Å². The molecular formula is C11H12Cl2. The highest BCUT2D eigenvalue weighted by Crippen LogP contribution is 2.40. The highest BCUT2D eigenvalue weighted by molar-refractivity contribution is 6.31. The lowest BCUT2D eigenvalue weighted by Crippen LogP contribution is -2.05. The second kappa shape index (κ2) is 3.89. The fourth-order valence-electron chi connectivity index (χ4n) is 2.04. The summed E-state index contributed by atoms with van der Waals surface area (Å²) in [5, 5.41) is 1.14. The van der Waals surface area contributed by atoms with Crippen molar-refractivity contribution in [3.63, 3.8) is 0 Å². The number of hydrogen-bond donors (Lipinski definition) is 0. The summed E-state index contributed by atoms with van der Waals surface area (Å²) in [4.78, 5) is 0. The summed E-state index contributed by atoms with van der Waals surface area (Å²) >= 11 is 12.3. The Morgan fingerprint density at radius 3 is 2.54 bits per heavy atom. The fourth-order valence-corrected chi connectivity index (χ4v) is 2.73. The highest BCUT2D eigenvalue weighted by Gasteiger charge is 2.27. The molecule has 2 unspecified atom stereocenters. The van der Waals surface area contributed by atoms with Crippen LogP contribution in [0.2, 0.25) is 5.02 Å². The summed E-state index contributed by atoms with van der Waals surface area (Å²) in [6.07, 6.45) is 3.53. The van der Waals surface area contributed by atoms with E-state index in [1.54, 1.807) is 0 Å². The van der Waals surface area contributed by atoms with Crippen molar-refractivity contribution in [2.45, 2.75) is 30.6 Å². The van der Waals surface area contributed by atoms with Gasteiger partial charge in [-0.05, 0) is 24.5 Å². The van der Waals surface area contributed by atoms with Crippen LogP contribution in [0.5, 0.6) is 0 Å². The van der Waals surface area contributed by atoms with E-state index in [2.05, 4.69) is 6.07 Å². The summed E-state index contributed by atoms with van der Waals surface area (Å²) < 4.78 is 0. The van der Waals surface area contributed by atoms with Crippen molar-refractivity contribution in [2.75, 3.05) is 0 Å². The van der Waals surface area contributed by atoms with E-state index in [0.29, 0.717) is 5.92 Å². The Balaban J connectivity index is 2.29. The maximum Gasteiger partial charge on any atom is 0.0441 e. The molecule has 1 aliphatic carbocycles. The van der Waals surface area contributed by atoms with E-state index in [4.69, 9.17) is 23.2 Å². The van der Waals surface area contributed by atoms with E-state index < -0.39 is 0 Å². The maximum atomic E-state index is 6.23. The Kier molecular flexibility index (Phi) is 2.80. The highest BCUT2D eigenvalue weighted by atomic mass is 35.5. The average Bonchev–Trinajstić information content (AvgIpc) is 2.52. The Morgan fingerprint density at radius 2 is 1.92 bits per heavy atom. The molecule has 0 radical (unpaired) electrons. The largest absolute Gasteiger partial charge is 0.122 e. The van der Waals surface area contributed by atoms with Crippen molar-refractivity contribution >= 4 is 23.2 Å². The van der Waals surface area contributed by atoms with Gasteiger partial charge in [-0.15, -0.1) is 11.6 Å². The van der Waals surface area contributed by atoms with Crippen LogP contribution in [0.3, 0.4) is 0 Å². The molecule has 0 N–H and O–H groups in total. The number of halogens is 2. The summed E-state index contributed by atoms with van der Waals surface area (Å²) in [5.41, 5.74) is 1.22. The van der Waals surface area contributed by atoms with Crippen LogP contribution in [0.4, 0.5) is 0 Å². The van der Waals surface area contributed by atoms with E-state index in [9.17, 15) is 0 Å². The van der Waals surface area contributed by atoms with Crippen molar-refractivity contribution in [3.8, 4) is 0 Å². The smallest absolute Gasteiger partial charge is 0.0441 e. The third-order valence-corrected chi connectivity index (χ3v) is 3.60. The summed E-state index contributed by atoms with van der Waals surface area (Å²) in [6.45, 7) is 0. The zero-order chi connectivity index (χ0) is 9.26. The molecule has 2 heteroatoms. The summed E-state index contributed by atoms with van der Waals surface area (Å²) in [6, 6.07) is 8.03. The molecule has 0 nitrogen and oxygen atoms in total. The Labute approximate surface area is 88.9 Å². The number of benzene rings is 1. The lowest BCUT2D eigenvalue weighted by Gasteiger charge is -2.15. The van der Waals surface area contributed by atoms with E-state index in [1.807, 2.05) is 18.2 Å². The Bertz CT molecular complexity index is 296. The van der Waals surface area contributed by atoms with Crippen LogP contribution < -0.4 is 0 Å². The molecule has 13 heavy (non-hydrogen) atoms. The van der Waals surface area contributed by atoms with E-state index >= 15 is 0 Å². The molecule has 1 fully saturated rings. The third kappa shape index (κ3) is 1.84. The molecule has 1 aromatic carbocycles. The SMILES string of the molecule is Clc1ccccc1C1CCCC1Cl. The molecule has 0 heterocycles. The number of rotatable bonds is 1. The van der Waals surface area contributed by atoms with Gasteiger partial charge >= 0.3 is 0 Å². The molecule has 1 aliphatic rings. The summed E-state index contributed by atoms with van der Waals surface area (Å²) in [5.74, 6) is 0.468. The first-order chi connectivity index (χ1) is 6.29. The van der Waals surface area contributed by atoms with Gasteiger partial charge in [-0.3, -0.25) is 0 Å². The molecular weight excluding hydrogens is 203 g/mol. The fraction of sp³-hybridized carbons (Fsp3) is 0.455. The second-order valence-corrected chi connectivity index (χ2v) is 4.54. The van der Waals surface area contributed by atoms with Gasteiger partial charge in [0.25, 0.3) is 0 Å². The third-order valence-electron chi connectivity index (χ3n) is 2.74. The van der Waals surface area contributed by atoms with Crippen molar-refractivity contribution < 1.29 is 0 Å². The molecule has 2 rings (SSSR count). The van der Waals surface area contributed by atoms with Crippen molar-refractivity contribution in [2.24, 2.45) is 0 Å². The zero-order valence-electron chi connectivity index (χ0n) is 7.34. The average molecular weight is 215 g/mol. The lowest BCUT2D eigenvalue weighted by molar-refractivity contribution is 0.730. The molecule has 1 aromatic rings. The molecule has 0 aliphatic heterocycles.